The summed E-state index contributed by atoms with van der Waals surface area (Å²) in [5.41, 5.74) is 0. The molecular formula is C15H31NO. The summed E-state index contributed by atoms with van der Waals surface area (Å²) in [4.78, 5) is 0. The van der Waals surface area contributed by atoms with Crippen LogP contribution in [0.3, 0.4) is 0 Å². The second-order valence-electron chi connectivity index (χ2n) is 5.85. The van der Waals surface area contributed by atoms with Gasteiger partial charge in [0.15, 0.2) is 0 Å². The lowest BCUT2D eigenvalue weighted by Gasteiger charge is -2.27. The third kappa shape index (κ3) is 7.05. The van der Waals surface area contributed by atoms with Gasteiger partial charge in [-0.2, -0.15) is 0 Å². The molecule has 1 aliphatic carbocycles. The Bertz CT molecular complexity index is 184. The van der Waals surface area contributed by atoms with Crippen LogP contribution in [0.2, 0.25) is 0 Å². The van der Waals surface area contributed by atoms with E-state index in [2.05, 4.69) is 19.2 Å². The third-order valence-electron chi connectivity index (χ3n) is 4.00. The van der Waals surface area contributed by atoms with Gasteiger partial charge >= 0.3 is 0 Å². The second kappa shape index (κ2) is 8.93. The Kier molecular flexibility index (Phi) is 7.87. The Morgan fingerprint density at radius 2 is 2.06 bits per heavy atom. The van der Waals surface area contributed by atoms with E-state index < -0.39 is 0 Å². The molecule has 1 aliphatic rings. The topological polar surface area (TPSA) is 32.3 Å². The largest absolute Gasteiger partial charge is 0.393 e. The average Bonchev–Trinajstić information content (AvgIpc) is 2.32. The van der Waals surface area contributed by atoms with E-state index in [1.54, 1.807) is 0 Å². The van der Waals surface area contributed by atoms with Crippen LogP contribution in [0.25, 0.3) is 0 Å². The minimum Gasteiger partial charge on any atom is -0.393 e. The first-order valence-corrected chi connectivity index (χ1v) is 7.63. The quantitative estimate of drug-likeness (QED) is 0.638. The molecule has 0 saturated heterocycles. The highest BCUT2D eigenvalue weighted by atomic mass is 16.3. The Hall–Kier alpha value is -0.0800. The van der Waals surface area contributed by atoms with E-state index in [0.29, 0.717) is 12.0 Å². The van der Waals surface area contributed by atoms with Crippen LogP contribution in [-0.4, -0.2) is 23.8 Å². The molecule has 0 bridgehead atoms. The number of unbranched alkanes of at least 4 members (excludes halogenated alkanes) is 3. The fraction of sp³-hybridized carbons (Fsp3) is 1.00. The maximum absolute atomic E-state index is 9.62. The van der Waals surface area contributed by atoms with Gasteiger partial charge < -0.3 is 10.4 Å². The Balaban J connectivity index is 2.00. The van der Waals surface area contributed by atoms with Gasteiger partial charge in [0.25, 0.3) is 0 Å². The van der Waals surface area contributed by atoms with Gasteiger partial charge in [0.1, 0.15) is 0 Å². The average molecular weight is 241 g/mol. The van der Waals surface area contributed by atoms with Crippen molar-refractivity contribution in [2.45, 2.75) is 83.8 Å². The minimum atomic E-state index is -0.0320. The molecule has 102 valence electrons. The van der Waals surface area contributed by atoms with Crippen LogP contribution in [0.5, 0.6) is 0 Å². The maximum Gasteiger partial charge on any atom is 0.0543 e. The zero-order chi connectivity index (χ0) is 12.5. The highest BCUT2D eigenvalue weighted by Gasteiger charge is 2.20. The lowest BCUT2D eigenvalue weighted by atomic mass is 9.87. The first kappa shape index (κ1) is 15.0. The van der Waals surface area contributed by atoms with Crippen molar-refractivity contribution in [1.82, 2.24) is 5.32 Å². The summed E-state index contributed by atoms with van der Waals surface area (Å²) in [5, 5.41) is 13.3. The van der Waals surface area contributed by atoms with Gasteiger partial charge in [-0.1, -0.05) is 39.0 Å². The highest BCUT2D eigenvalue weighted by Crippen LogP contribution is 2.23. The van der Waals surface area contributed by atoms with Crippen molar-refractivity contribution in [2.75, 3.05) is 6.54 Å². The normalized spacial score (nSPS) is 27.0. The van der Waals surface area contributed by atoms with Crippen molar-refractivity contribution in [3.63, 3.8) is 0 Å². The summed E-state index contributed by atoms with van der Waals surface area (Å²) in [6, 6.07) is 0.644. The first-order valence-electron chi connectivity index (χ1n) is 7.63. The van der Waals surface area contributed by atoms with Crippen molar-refractivity contribution in [3.8, 4) is 0 Å². The molecule has 2 nitrogen and oxygen atoms in total. The van der Waals surface area contributed by atoms with Gasteiger partial charge in [-0.25, -0.2) is 0 Å². The molecule has 1 fully saturated rings. The Morgan fingerprint density at radius 3 is 2.76 bits per heavy atom. The summed E-state index contributed by atoms with van der Waals surface area (Å²) in [6.45, 7) is 5.66. The van der Waals surface area contributed by atoms with Gasteiger partial charge in [-0.05, 0) is 45.1 Å². The van der Waals surface area contributed by atoms with E-state index in [0.717, 1.165) is 19.4 Å². The molecule has 2 N–H and O–H groups in total. The van der Waals surface area contributed by atoms with Gasteiger partial charge in [0.05, 0.1) is 6.10 Å². The fourth-order valence-corrected chi connectivity index (χ4v) is 2.80. The summed E-state index contributed by atoms with van der Waals surface area (Å²) >= 11 is 0. The summed E-state index contributed by atoms with van der Waals surface area (Å²) in [5.74, 6) is 0.705. The predicted octanol–water partition coefficient (Wildman–Crippen LogP) is 3.49. The van der Waals surface area contributed by atoms with Crippen molar-refractivity contribution >= 4 is 0 Å². The van der Waals surface area contributed by atoms with Crippen LogP contribution in [0, 0.1) is 5.92 Å². The molecule has 0 aromatic rings. The molecule has 0 aromatic carbocycles. The molecule has 0 aliphatic heterocycles. The summed E-state index contributed by atoms with van der Waals surface area (Å²) < 4.78 is 0. The Morgan fingerprint density at radius 1 is 1.24 bits per heavy atom. The van der Waals surface area contributed by atoms with Crippen LogP contribution in [-0.2, 0) is 0 Å². The molecule has 0 amide bonds. The van der Waals surface area contributed by atoms with E-state index in [9.17, 15) is 5.11 Å². The number of aliphatic hydroxyl groups excluding tert-OH is 1. The van der Waals surface area contributed by atoms with Crippen LogP contribution < -0.4 is 5.32 Å². The molecule has 0 heterocycles. The predicted molar refractivity (Wildman–Crippen MR) is 74.2 cm³/mol. The smallest absolute Gasteiger partial charge is 0.0543 e. The number of hydrogen-bond acceptors (Lipinski definition) is 2. The number of aliphatic hydroxyl groups is 1. The molecular weight excluding hydrogens is 210 g/mol. The lowest BCUT2D eigenvalue weighted by molar-refractivity contribution is 0.0996. The lowest BCUT2D eigenvalue weighted by Crippen LogP contribution is -2.34. The zero-order valence-corrected chi connectivity index (χ0v) is 11.8. The van der Waals surface area contributed by atoms with Crippen LogP contribution >= 0.6 is 0 Å². The summed E-state index contributed by atoms with van der Waals surface area (Å²) in [7, 11) is 0. The Labute approximate surface area is 107 Å². The maximum atomic E-state index is 9.62. The van der Waals surface area contributed by atoms with Crippen molar-refractivity contribution in [1.29, 1.82) is 0 Å². The molecule has 3 unspecified atom stereocenters. The van der Waals surface area contributed by atoms with Gasteiger partial charge in [0, 0.05) is 6.04 Å². The molecule has 1 saturated carbocycles. The molecule has 17 heavy (non-hydrogen) atoms. The standard InChI is InChI=1S/C15H31NO/c1-3-4-5-6-8-13(2)16-12-14-9-7-10-15(17)11-14/h13-17H,3-12H2,1-2H3. The third-order valence-corrected chi connectivity index (χ3v) is 4.00. The number of hydrogen-bond donors (Lipinski definition) is 2. The van der Waals surface area contributed by atoms with E-state index in [-0.39, 0.29) is 6.10 Å². The second-order valence-corrected chi connectivity index (χ2v) is 5.85. The van der Waals surface area contributed by atoms with Crippen LogP contribution in [0.15, 0.2) is 0 Å². The fourth-order valence-electron chi connectivity index (χ4n) is 2.80. The van der Waals surface area contributed by atoms with Gasteiger partial charge in [-0.15, -0.1) is 0 Å². The summed E-state index contributed by atoms with van der Waals surface area (Å²) in [6.07, 6.45) is 11.2. The highest BCUT2D eigenvalue weighted by molar-refractivity contribution is 4.75. The van der Waals surface area contributed by atoms with E-state index in [4.69, 9.17) is 0 Å². The monoisotopic (exact) mass is 241 g/mol. The number of nitrogens with one attached hydrogen (secondary N) is 1. The van der Waals surface area contributed by atoms with Gasteiger partial charge in [0.2, 0.25) is 0 Å². The van der Waals surface area contributed by atoms with E-state index in [1.807, 2.05) is 0 Å². The van der Waals surface area contributed by atoms with Crippen LogP contribution in [0.4, 0.5) is 0 Å². The molecule has 1 rings (SSSR count). The zero-order valence-electron chi connectivity index (χ0n) is 11.8. The van der Waals surface area contributed by atoms with Crippen molar-refractivity contribution in [3.05, 3.63) is 0 Å². The number of rotatable bonds is 8. The molecule has 2 heteroatoms. The van der Waals surface area contributed by atoms with E-state index in [1.165, 1.54) is 44.9 Å². The van der Waals surface area contributed by atoms with Crippen molar-refractivity contribution in [2.24, 2.45) is 5.92 Å². The van der Waals surface area contributed by atoms with Gasteiger partial charge in [-0.3, -0.25) is 0 Å². The minimum absolute atomic E-state index is 0.0320. The molecule has 0 spiro atoms. The molecule has 0 radical (unpaired) electrons. The molecule has 3 atom stereocenters. The first-order chi connectivity index (χ1) is 8.22. The SMILES string of the molecule is CCCCCCC(C)NCC1CCCC(O)C1. The van der Waals surface area contributed by atoms with E-state index >= 15 is 0 Å². The van der Waals surface area contributed by atoms with Crippen molar-refractivity contribution < 1.29 is 5.11 Å². The van der Waals surface area contributed by atoms with Crippen LogP contribution in [0.1, 0.15) is 71.6 Å². The molecule has 0 aromatic heterocycles.